The van der Waals surface area contributed by atoms with Crippen molar-refractivity contribution >= 4 is 34.7 Å². The minimum Gasteiger partial charge on any atom is -0.497 e. The molecule has 1 aliphatic heterocycles. The van der Waals surface area contributed by atoms with E-state index in [0.29, 0.717) is 52.1 Å². The number of rotatable bonds is 6. The van der Waals surface area contributed by atoms with Gasteiger partial charge < -0.3 is 15.2 Å². The standard InChI is InChI=1S/C34H33Cl2N3O3/c1-19-12-20(2)25(13-21(19)18-42-24-9-7-23(41-5)8-10-24)31-26(17-37)33(38)39(28-11-6-22(35)14-27(28)36)29-15-34(3,4)16-30(40)32(29)31/h6-14,31H,15-16,18,38H2,1-5H3. The highest BCUT2D eigenvalue weighted by atomic mass is 35.5. The lowest BCUT2D eigenvalue weighted by Crippen LogP contribution is -2.42. The first-order valence-electron chi connectivity index (χ1n) is 13.7. The molecule has 5 rings (SSSR count). The van der Waals surface area contributed by atoms with Crippen molar-refractivity contribution in [3.8, 4) is 17.6 Å². The van der Waals surface area contributed by atoms with Gasteiger partial charge in [-0.3, -0.25) is 9.69 Å². The maximum absolute atomic E-state index is 14.0. The van der Waals surface area contributed by atoms with E-state index in [9.17, 15) is 10.1 Å². The van der Waals surface area contributed by atoms with Crippen molar-refractivity contribution in [2.45, 2.75) is 53.1 Å². The van der Waals surface area contributed by atoms with Crippen molar-refractivity contribution in [3.05, 3.63) is 110 Å². The molecule has 1 atom stereocenters. The number of methoxy groups -OCH3 is 1. The molecular formula is C34H33Cl2N3O3. The Morgan fingerprint density at radius 2 is 1.71 bits per heavy atom. The molecule has 42 heavy (non-hydrogen) atoms. The quantitative estimate of drug-likeness (QED) is 0.307. The number of halogens is 2. The molecule has 0 radical (unpaired) electrons. The molecule has 0 amide bonds. The monoisotopic (exact) mass is 601 g/mol. The topological polar surface area (TPSA) is 88.6 Å². The van der Waals surface area contributed by atoms with E-state index in [-0.39, 0.29) is 17.0 Å². The lowest BCUT2D eigenvalue weighted by atomic mass is 9.68. The molecule has 1 unspecified atom stereocenters. The number of aryl methyl sites for hydroxylation is 2. The maximum Gasteiger partial charge on any atom is 0.162 e. The fraction of sp³-hybridized carbons (Fsp3) is 0.294. The number of Topliss-reactive ketones (excluding diaryl/α,β-unsaturated/α-hetero) is 1. The Hall–Kier alpha value is -3.92. The third kappa shape index (κ3) is 5.47. The number of benzene rings is 3. The fourth-order valence-corrected chi connectivity index (χ4v) is 6.47. The van der Waals surface area contributed by atoms with Gasteiger partial charge in [0.1, 0.15) is 23.9 Å². The molecule has 0 fully saturated rings. The number of carbonyl (C=O) groups is 1. The van der Waals surface area contributed by atoms with Gasteiger partial charge in [0, 0.05) is 22.7 Å². The summed E-state index contributed by atoms with van der Waals surface area (Å²) in [7, 11) is 1.62. The highest BCUT2D eigenvalue weighted by molar-refractivity contribution is 6.36. The van der Waals surface area contributed by atoms with Crippen molar-refractivity contribution < 1.29 is 14.3 Å². The minimum absolute atomic E-state index is 0.00223. The number of ketones is 1. The van der Waals surface area contributed by atoms with Crippen LogP contribution in [0.5, 0.6) is 11.5 Å². The van der Waals surface area contributed by atoms with Crippen LogP contribution in [0.15, 0.2) is 77.3 Å². The van der Waals surface area contributed by atoms with Gasteiger partial charge in [0.15, 0.2) is 5.78 Å². The molecule has 2 N–H and O–H groups in total. The van der Waals surface area contributed by atoms with E-state index in [1.165, 1.54) is 0 Å². The van der Waals surface area contributed by atoms with E-state index in [0.717, 1.165) is 33.7 Å². The van der Waals surface area contributed by atoms with Crippen LogP contribution in [0.25, 0.3) is 0 Å². The van der Waals surface area contributed by atoms with Gasteiger partial charge in [-0.15, -0.1) is 0 Å². The normalized spacial score (nSPS) is 18.1. The average molecular weight is 603 g/mol. The van der Waals surface area contributed by atoms with E-state index < -0.39 is 5.92 Å². The molecule has 8 heteroatoms. The Bertz CT molecular complexity index is 1680. The summed E-state index contributed by atoms with van der Waals surface area (Å²) in [4.78, 5) is 15.8. The Kier molecular flexibility index (Phi) is 8.02. The zero-order chi connectivity index (χ0) is 30.3. The predicted molar refractivity (Wildman–Crippen MR) is 167 cm³/mol. The van der Waals surface area contributed by atoms with Crippen LogP contribution in [0.2, 0.25) is 10.0 Å². The first-order chi connectivity index (χ1) is 19.9. The molecule has 0 saturated heterocycles. The molecular weight excluding hydrogens is 569 g/mol. The smallest absolute Gasteiger partial charge is 0.162 e. The van der Waals surface area contributed by atoms with Crippen LogP contribution < -0.4 is 20.1 Å². The van der Waals surface area contributed by atoms with E-state index in [4.69, 9.17) is 38.4 Å². The first kappa shape index (κ1) is 29.6. The van der Waals surface area contributed by atoms with Crippen LogP contribution in [0.4, 0.5) is 5.69 Å². The second-order valence-corrected chi connectivity index (χ2v) is 12.5. The Balaban J connectivity index is 1.65. The van der Waals surface area contributed by atoms with Crippen LogP contribution in [0.1, 0.15) is 54.9 Å². The molecule has 2 aliphatic rings. The summed E-state index contributed by atoms with van der Waals surface area (Å²) in [6, 6.07) is 19.0. The Morgan fingerprint density at radius 3 is 2.36 bits per heavy atom. The van der Waals surface area contributed by atoms with Crippen molar-refractivity contribution in [2.75, 3.05) is 12.0 Å². The number of hydrogen-bond acceptors (Lipinski definition) is 6. The van der Waals surface area contributed by atoms with Gasteiger partial charge in [0.05, 0.1) is 35.4 Å². The number of allylic oxidation sites excluding steroid dienone is 3. The SMILES string of the molecule is COc1ccc(OCc2cc(C3C(C#N)=C(N)N(c4ccc(Cl)cc4Cl)C4=C3C(=O)CC(C)(C)C4)c(C)cc2C)cc1. The molecule has 0 aromatic heterocycles. The van der Waals surface area contributed by atoms with Gasteiger partial charge >= 0.3 is 0 Å². The van der Waals surface area contributed by atoms with Gasteiger partial charge in [-0.25, -0.2) is 0 Å². The zero-order valence-electron chi connectivity index (χ0n) is 24.3. The summed E-state index contributed by atoms with van der Waals surface area (Å²) >= 11 is 12.9. The maximum atomic E-state index is 14.0. The molecule has 6 nitrogen and oxygen atoms in total. The lowest BCUT2D eigenvalue weighted by molar-refractivity contribution is -0.118. The summed E-state index contributed by atoms with van der Waals surface area (Å²) < 4.78 is 11.4. The summed E-state index contributed by atoms with van der Waals surface area (Å²) in [5.41, 5.74) is 12.6. The van der Waals surface area contributed by atoms with Gasteiger partial charge in [-0.05, 0) is 90.4 Å². The number of carbonyl (C=O) groups excluding carboxylic acids is 1. The Labute approximate surface area is 256 Å². The largest absolute Gasteiger partial charge is 0.497 e. The van der Waals surface area contributed by atoms with E-state index in [1.807, 2.05) is 44.2 Å². The van der Waals surface area contributed by atoms with Crippen LogP contribution in [0, 0.1) is 30.6 Å². The number of anilines is 1. The van der Waals surface area contributed by atoms with Gasteiger partial charge in [0.2, 0.25) is 0 Å². The number of ether oxygens (including phenoxy) is 2. The van der Waals surface area contributed by atoms with Crippen LogP contribution >= 0.6 is 23.2 Å². The molecule has 1 aliphatic carbocycles. The summed E-state index contributed by atoms with van der Waals surface area (Å²) in [6.45, 7) is 8.48. The molecule has 0 bridgehead atoms. The summed E-state index contributed by atoms with van der Waals surface area (Å²) in [6.07, 6.45) is 0.947. The average Bonchev–Trinajstić information content (AvgIpc) is 2.92. The molecule has 3 aromatic rings. The third-order valence-corrected chi connectivity index (χ3v) is 8.56. The predicted octanol–water partition coefficient (Wildman–Crippen LogP) is 8.14. The molecule has 0 spiro atoms. The number of hydrogen-bond donors (Lipinski definition) is 1. The number of nitrogens with zero attached hydrogens (tertiary/aromatic N) is 2. The molecule has 216 valence electrons. The fourth-order valence-electron chi connectivity index (χ4n) is 5.97. The van der Waals surface area contributed by atoms with E-state index in [1.54, 1.807) is 30.2 Å². The zero-order valence-corrected chi connectivity index (χ0v) is 25.9. The van der Waals surface area contributed by atoms with E-state index in [2.05, 4.69) is 26.0 Å². The number of nitrogens with two attached hydrogens (primary N) is 1. The van der Waals surface area contributed by atoms with Crippen molar-refractivity contribution in [3.63, 3.8) is 0 Å². The minimum atomic E-state index is -0.615. The van der Waals surface area contributed by atoms with Gasteiger partial charge in [-0.1, -0.05) is 49.2 Å². The van der Waals surface area contributed by atoms with Crippen LogP contribution in [-0.2, 0) is 11.4 Å². The third-order valence-electron chi connectivity index (χ3n) is 8.02. The highest BCUT2D eigenvalue weighted by Crippen LogP contribution is 2.51. The summed E-state index contributed by atoms with van der Waals surface area (Å²) in [5.74, 6) is 1.10. The summed E-state index contributed by atoms with van der Waals surface area (Å²) in [5, 5.41) is 11.4. The second-order valence-electron chi connectivity index (χ2n) is 11.7. The van der Waals surface area contributed by atoms with E-state index >= 15 is 0 Å². The lowest BCUT2D eigenvalue weighted by Gasteiger charge is -2.44. The van der Waals surface area contributed by atoms with Gasteiger partial charge in [0.25, 0.3) is 0 Å². The van der Waals surface area contributed by atoms with Crippen molar-refractivity contribution in [1.29, 1.82) is 5.26 Å². The van der Waals surface area contributed by atoms with Gasteiger partial charge in [-0.2, -0.15) is 5.26 Å². The molecule has 3 aromatic carbocycles. The molecule has 1 heterocycles. The van der Waals surface area contributed by atoms with Crippen molar-refractivity contribution in [1.82, 2.24) is 0 Å². The number of nitriles is 1. The second kappa shape index (κ2) is 11.4. The van der Waals surface area contributed by atoms with Crippen molar-refractivity contribution in [2.24, 2.45) is 11.1 Å². The highest BCUT2D eigenvalue weighted by Gasteiger charge is 2.45. The van der Waals surface area contributed by atoms with Crippen LogP contribution in [0.3, 0.4) is 0 Å². The Morgan fingerprint density at radius 1 is 1.02 bits per heavy atom. The first-order valence-corrected chi connectivity index (χ1v) is 14.5. The van der Waals surface area contributed by atoms with Crippen LogP contribution in [-0.4, -0.2) is 12.9 Å². The molecule has 0 saturated carbocycles.